The molecule has 0 atom stereocenters. The lowest BCUT2D eigenvalue weighted by atomic mass is 9.96. The van der Waals surface area contributed by atoms with E-state index in [1.165, 1.54) is 11.1 Å². The van der Waals surface area contributed by atoms with Gasteiger partial charge in [-0.15, -0.1) is 0 Å². The molecule has 0 bridgehead atoms. The number of nitrogens with zero attached hydrogens (tertiary/aromatic N) is 3. The molecule has 0 spiro atoms. The molecule has 3 aromatic rings. The van der Waals surface area contributed by atoms with Crippen LogP contribution in [0.25, 0.3) is 0 Å². The lowest BCUT2D eigenvalue weighted by molar-refractivity contribution is -0.112. The maximum absolute atomic E-state index is 12.7. The van der Waals surface area contributed by atoms with Crippen molar-refractivity contribution in [2.45, 2.75) is 6.04 Å². The quantitative estimate of drug-likeness (QED) is 0.353. The van der Waals surface area contributed by atoms with Crippen LogP contribution in [0.3, 0.4) is 0 Å². The number of hydrogen-bond acceptors (Lipinski definition) is 4. The Bertz CT molecular complexity index is 1160. The van der Waals surface area contributed by atoms with Gasteiger partial charge in [-0.3, -0.25) is 9.69 Å². The molecular formula is C27H24Cl2N4O. The van der Waals surface area contributed by atoms with Gasteiger partial charge in [-0.25, -0.2) is 0 Å². The molecule has 1 amide bonds. The van der Waals surface area contributed by atoms with Crippen molar-refractivity contribution in [3.63, 3.8) is 0 Å². The van der Waals surface area contributed by atoms with Crippen molar-refractivity contribution in [2.24, 2.45) is 0 Å². The third-order valence-electron chi connectivity index (χ3n) is 5.80. The number of piperazine rings is 1. The second kappa shape index (κ2) is 11.2. The van der Waals surface area contributed by atoms with Gasteiger partial charge in [0.15, 0.2) is 0 Å². The Kier molecular flexibility index (Phi) is 7.87. The number of carbonyl (C=O) groups is 1. The molecule has 1 N–H and O–H groups in total. The summed E-state index contributed by atoms with van der Waals surface area (Å²) in [6.45, 7) is 3.01. The van der Waals surface area contributed by atoms with Crippen LogP contribution in [0.1, 0.15) is 17.2 Å². The Labute approximate surface area is 209 Å². The first-order valence-electron chi connectivity index (χ1n) is 11.0. The van der Waals surface area contributed by atoms with Gasteiger partial charge in [-0.2, -0.15) is 5.26 Å². The molecule has 0 aromatic heterocycles. The minimum absolute atomic E-state index is 0.0298. The molecule has 4 rings (SSSR count). The average Bonchev–Trinajstić information content (AvgIpc) is 2.86. The van der Waals surface area contributed by atoms with E-state index in [9.17, 15) is 10.1 Å². The van der Waals surface area contributed by atoms with Gasteiger partial charge in [0.05, 0.1) is 16.8 Å². The summed E-state index contributed by atoms with van der Waals surface area (Å²) in [7, 11) is 0. The number of hydrogen-bond donors (Lipinski definition) is 1. The number of nitrogens with one attached hydrogen (secondary N) is 1. The van der Waals surface area contributed by atoms with E-state index in [1.807, 2.05) is 23.1 Å². The number of nitriles is 1. The van der Waals surface area contributed by atoms with Gasteiger partial charge in [0, 0.05) is 37.4 Å². The van der Waals surface area contributed by atoms with E-state index in [0.29, 0.717) is 28.8 Å². The zero-order valence-electron chi connectivity index (χ0n) is 18.5. The summed E-state index contributed by atoms with van der Waals surface area (Å²) >= 11 is 12.1. The van der Waals surface area contributed by atoms with Crippen molar-refractivity contribution in [2.75, 3.05) is 31.5 Å². The van der Waals surface area contributed by atoms with Crippen LogP contribution in [0.4, 0.5) is 5.69 Å². The summed E-state index contributed by atoms with van der Waals surface area (Å²) in [6.07, 6.45) is 1.64. The number of rotatable bonds is 6. The first-order valence-corrected chi connectivity index (χ1v) is 11.8. The van der Waals surface area contributed by atoms with Crippen molar-refractivity contribution in [1.82, 2.24) is 9.80 Å². The molecule has 5 nitrogen and oxygen atoms in total. The van der Waals surface area contributed by atoms with Crippen LogP contribution < -0.4 is 5.32 Å². The number of anilines is 1. The molecule has 1 saturated heterocycles. The van der Waals surface area contributed by atoms with Gasteiger partial charge in [0.25, 0.3) is 5.91 Å². The van der Waals surface area contributed by atoms with E-state index in [-0.39, 0.29) is 11.6 Å². The van der Waals surface area contributed by atoms with Crippen LogP contribution in [-0.2, 0) is 4.79 Å². The molecule has 1 heterocycles. The summed E-state index contributed by atoms with van der Waals surface area (Å²) < 4.78 is 0. The van der Waals surface area contributed by atoms with Crippen LogP contribution in [0.5, 0.6) is 0 Å². The van der Waals surface area contributed by atoms with Gasteiger partial charge < -0.3 is 10.2 Å². The molecule has 0 saturated carbocycles. The standard InChI is InChI=1S/C27H24Cl2N4O/c28-23-11-12-25(24(29)17-23)31-27(34)22(18-30)19-32-13-15-33(16-14-32)26(20-7-3-1-4-8-20)21-9-5-2-6-10-21/h1-12,17,19,26H,13-16H2,(H,31,34)/b22-19-. The Morgan fingerprint density at radius 3 is 2.03 bits per heavy atom. The molecular weight excluding hydrogens is 467 g/mol. The Balaban J connectivity index is 1.45. The highest BCUT2D eigenvalue weighted by Crippen LogP contribution is 2.30. The van der Waals surface area contributed by atoms with E-state index in [0.717, 1.165) is 13.1 Å². The predicted octanol–water partition coefficient (Wildman–Crippen LogP) is 5.75. The number of benzene rings is 3. The first kappa shape index (κ1) is 23.8. The van der Waals surface area contributed by atoms with Crippen molar-refractivity contribution in [3.8, 4) is 6.07 Å². The summed E-state index contributed by atoms with van der Waals surface area (Å²) in [6, 6.07) is 27.9. The highest BCUT2D eigenvalue weighted by Gasteiger charge is 2.26. The van der Waals surface area contributed by atoms with Gasteiger partial charge in [0.1, 0.15) is 11.6 Å². The monoisotopic (exact) mass is 490 g/mol. The van der Waals surface area contributed by atoms with Gasteiger partial charge in [-0.1, -0.05) is 83.9 Å². The maximum Gasteiger partial charge on any atom is 0.267 e. The number of amides is 1. The molecule has 1 aliphatic heterocycles. The van der Waals surface area contributed by atoms with Crippen molar-refractivity contribution < 1.29 is 4.79 Å². The molecule has 1 aliphatic rings. The predicted molar refractivity (Wildman–Crippen MR) is 137 cm³/mol. The Hall–Kier alpha value is -3.30. The van der Waals surface area contributed by atoms with Crippen LogP contribution in [-0.4, -0.2) is 41.9 Å². The largest absolute Gasteiger partial charge is 0.374 e. The molecule has 172 valence electrons. The van der Waals surface area contributed by atoms with Gasteiger partial charge >= 0.3 is 0 Å². The van der Waals surface area contributed by atoms with Crippen molar-refractivity contribution in [1.29, 1.82) is 5.26 Å². The fourth-order valence-corrected chi connectivity index (χ4v) is 4.57. The third-order valence-corrected chi connectivity index (χ3v) is 6.35. The third kappa shape index (κ3) is 5.78. The lowest BCUT2D eigenvalue weighted by Gasteiger charge is -2.39. The minimum atomic E-state index is -0.499. The zero-order chi connectivity index (χ0) is 23.9. The highest BCUT2D eigenvalue weighted by atomic mass is 35.5. The molecule has 0 unspecified atom stereocenters. The van der Waals surface area contributed by atoms with Crippen molar-refractivity contribution >= 4 is 34.8 Å². The van der Waals surface area contributed by atoms with Gasteiger partial charge in [-0.05, 0) is 29.3 Å². The molecule has 1 fully saturated rings. The SMILES string of the molecule is N#C/C(=C/N1CCN(C(c2ccccc2)c2ccccc2)CC1)C(=O)Nc1ccc(Cl)cc1Cl. The summed E-state index contributed by atoms with van der Waals surface area (Å²) in [5.74, 6) is -0.499. The molecule has 0 aliphatic carbocycles. The first-order chi connectivity index (χ1) is 16.5. The van der Waals surface area contributed by atoms with E-state index >= 15 is 0 Å². The number of halogens is 2. The minimum Gasteiger partial charge on any atom is -0.374 e. The number of carbonyl (C=O) groups excluding carboxylic acids is 1. The Morgan fingerprint density at radius 1 is 0.912 bits per heavy atom. The van der Waals surface area contributed by atoms with Gasteiger partial charge in [0.2, 0.25) is 0 Å². The normalized spacial score (nSPS) is 14.6. The average molecular weight is 491 g/mol. The van der Waals surface area contributed by atoms with E-state index in [4.69, 9.17) is 23.2 Å². The molecule has 3 aromatic carbocycles. The van der Waals surface area contributed by atoms with Crippen LogP contribution in [0.15, 0.2) is 90.6 Å². The second-order valence-electron chi connectivity index (χ2n) is 8.03. The Morgan fingerprint density at radius 2 is 1.50 bits per heavy atom. The maximum atomic E-state index is 12.7. The molecule has 7 heteroatoms. The molecule has 0 radical (unpaired) electrons. The van der Waals surface area contributed by atoms with E-state index < -0.39 is 5.91 Å². The highest BCUT2D eigenvalue weighted by molar-refractivity contribution is 6.36. The summed E-state index contributed by atoms with van der Waals surface area (Å²) in [5.41, 5.74) is 2.93. The van der Waals surface area contributed by atoms with Crippen molar-refractivity contribution in [3.05, 3.63) is 112 Å². The topological polar surface area (TPSA) is 59.4 Å². The molecule has 34 heavy (non-hydrogen) atoms. The fraction of sp³-hybridized carbons (Fsp3) is 0.185. The van der Waals surface area contributed by atoms with Crippen LogP contribution >= 0.6 is 23.2 Å². The fourth-order valence-electron chi connectivity index (χ4n) is 4.11. The van der Waals surface area contributed by atoms with Crippen LogP contribution in [0.2, 0.25) is 10.0 Å². The lowest BCUT2D eigenvalue weighted by Crippen LogP contribution is -2.46. The van der Waals surface area contributed by atoms with E-state index in [1.54, 1.807) is 24.4 Å². The van der Waals surface area contributed by atoms with E-state index in [2.05, 4.69) is 58.7 Å². The smallest absolute Gasteiger partial charge is 0.267 e. The van der Waals surface area contributed by atoms with Crippen LogP contribution in [0, 0.1) is 11.3 Å². The zero-order valence-corrected chi connectivity index (χ0v) is 20.0. The summed E-state index contributed by atoms with van der Waals surface area (Å²) in [4.78, 5) is 17.1. The summed E-state index contributed by atoms with van der Waals surface area (Å²) in [5, 5.41) is 13.1. The second-order valence-corrected chi connectivity index (χ2v) is 8.87.